The number of carbonyl (C=O) groups is 2. The second-order valence-corrected chi connectivity index (χ2v) is 6.08. The lowest BCUT2D eigenvalue weighted by Crippen LogP contribution is -2.43. The molecular weight excluding hydrogens is 244 g/mol. The Hall–Kier alpha value is -1.10. The summed E-state index contributed by atoms with van der Waals surface area (Å²) in [6.45, 7) is 3.82. The first-order valence-electron chi connectivity index (χ1n) is 7.29. The Morgan fingerprint density at radius 3 is 2.47 bits per heavy atom. The fraction of sp³-hybridized carbons (Fsp3) is 0.857. The standard InChI is InChI=1S/C14H24N2O3/c1-10-2-4-12(5-3-10)15-13(17)9-16-7-6-11(8-16)14(18)19/h10-12H,2-9H2,1H3,(H,15,17)(H,18,19). The number of nitrogens with zero attached hydrogens (tertiary/aromatic N) is 1. The summed E-state index contributed by atoms with van der Waals surface area (Å²) in [5, 5.41) is 12.0. The fourth-order valence-corrected chi connectivity index (χ4v) is 3.06. The maximum Gasteiger partial charge on any atom is 0.307 e. The monoisotopic (exact) mass is 268 g/mol. The van der Waals surface area contributed by atoms with Gasteiger partial charge in [0.1, 0.15) is 0 Å². The van der Waals surface area contributed by atoms with Crippen LogP contribution in [0.5, 0.6) is 0 Å². The molecule has 1 saturated carbocycles. The lowest BCUT2D eigenvalue weighted by Gasteiger charge is -2.27. The highest BCUT2D eigenvalue weighted by Crippen LogP contribution is 2.23. The third-order valence-electron chi connectivity index (χ3n) is 4.37. The number of hydrogen-bond acceptors (Lipinski definition) is 3. The molecular formula is C14H24N2O3. The van der Waals surface area contributed by atoms with Crippen molar-refractivity contribution in [3.05, 3.63) is 0 Å². The minimum absolute atomic E-state index is 0.0468. The Morgan fingerprint density at radius 1 is 1.21 bits per heavy atom. The minimum atomic E-state index is -0.746. The fourth-order valence-electron chi connectivity index (χ4n) is 3.06. The summed E-state index contributed by atoms with van der Waals surface area (Å²) in [6, 6.07) is 0.321. The number of carboxylic acid groups (broad SMARTS) is 1. The quantitative estimate of drug-likeness (QED) is 0.800. The summed E-state index contributed by atoms with van der Waals surface area (Å²) >= 11 is 0. The Balaban J connectivity index is 1.69. The summed E-state index contributed by atoms with van der Waals surface area (Å²) in [4.78, 5) is 24.7. The van der Waals surface area contributed by atoms with Crippen LogP contribution in [0.25, 0.3) is 0 Å². The molecule has 0 aromatic rings. The number of aliphatic carboxylic acids is 1. The van der Waals surface area contributed by atoms with E-state index in [9.17, 15) is 9.59 Å². The molecule has 1 saturated heterocycles. The van der Waals surface area contributed by atoms with E-state index in [4.69, 9.17) is 5.11 Å². The van der Waals surface area contributed by atoms with Crippen LogP contribution in [-0.2, 0) is 9.59 Å². The summed E-state index contributed by atoms with van der Waals surface area (Å²) in [6.07, 6.45) is 5.18. The molecule has 5 heteroatoms. The van der Waals surface area contributed by atoms with Crippen molar-refractivity contribution in [2.24, 2.45) is 11.8 Å². The first kappa shape index (κ1) is 14.3. The van der Waals surface area contributed by atoms with E-state index in [2.05, 4.69) is 12.2 Å². The minimum Gasteiger partial charge on any atom is -0.481 e. The van der Waals surface area contributed by atoms with Crippen molar-refractivity contribution < 1.29 is 14.7 Å². The number of amides is 1. The molecule has 0 spiro atoms. The predicted octanol–water partition coefficient (Wildman–Crippen LogP) is 1.09. The average Bonchev–Trinajstić information content (AvgIpc) is 2.80. The number of hydrogen-bond donors (Lipinski definition) is 2. The number of likely N-dealkylation sites (tertiary alicyclic amines) is 1. The number of carbonyl (C=O) groups excluding carboxylic acids is 1. The molecule has 2 aliphatic rings. The van der Waals surface area contributed by atoms with E-state index < -0.39 is 5.97 Å². The second kappa shape index (κ2) is 6.37. The highest BCUT2D eigenvalue weighted by molar-refractivity contribution is 5.78. The van der Waals surface area contributed by atoms with Crippen molar-refractivity contribution in [1.29, 1.82) is 0 Å². The molecule has 1 atom stereocenters. The predicted molar refractivity (Wildman–Crippen MR) is 71.7 cm³/mol. The van der Waals surface area contributed by atoms with E-state index in [0.29, 0.717) is 32.1 Å². The van der Waals surface area contributed by atoms with Crippen LogP contribution in [0.15, 0.2) is 0 Å². The van der Waals surface area contributed by atoms with Gasteiger partial charge in [-0.2, -0.15) is 0 Å². The third kappa shape index (κ3) is 4.20. The van der Waals surface area contributed by atoms with Gasteiger partial charge in [0.15, 0.2) is 0 Å². The smallest absolute Gasteiger partial charge is 0.307 e. The molecule has 0 aromatic carbocycles. The number of carboxylic acids is 1. The zero-order chi connectivity index (χ0) is 13.8. The maximum atomic E-state index is 11.9. The van der Waals surface area contributed by atoms with Crippen molar-refractivity contribution in [1.82, 2.24) is 10.2 Å². The number of rotatable bonds is 4. The molecule has 1 unspecified atom stereocenters. The van der Waals surface area contributed by atoms with Crippen molar-refractivity contribution in [2.75, 3.05) is 19.6 Å². The third-order valence-corrected chi connectivity index (χ3v) is 4.37. The van der Waals surface area contributed by atoms with Gasteiger partial charge in [-0.15, -0.1) is 0 Å². The Kier molecular flexibility index (Phi) is 4.80. The van der Waals surface area contributed by atoms with E-state index in [1.807, 2.05) is 4.90 Å². The molecule has 2 rings (SSSR count). The molecule has 108 valence electrons. The van der Waals surface area contributed by atoms with Crippen LogP contribution in [-0.4, -0.2) is 47.6 Å². The first-order chi connectivity index (χ1) is 9.04. The van der Waals surface area contributed by atoms with E-state index in [-0.39, 0.29) is 11.8 Å². The molecule has 5 nitrogen and oxygen atoms in total. The van der Waals surface area contributed by atoms with Gasteiger partial charge in [0.25, 0.3) is 0 Å². The number of nitrogens with one attached hydrogen (secondary N) is 1. The van der Waals surface area contributed by atoms with Crippen LogP contribution in [0.4, 0.5) is 0 Å². The topological polar surface area (TPSA) is 69.6 Å². The van der Waals surface area contributed by atoms with Crippen molar-refractivity contribution in [3.63, 3.8) is 0 Å². The zero-order valence-corrected chi connectivity index (χ0v) is 11.6. The SMILES string of the molecule is CC1CCC(NC(=O)CN2CCC(C(=O)O)C2)CC1. The first-order valence-corrected chi connectivity index (χ1v) is 7.29. The zero-order valence-electron chi connectivity index (χ0n) is 11.6. The van der Waals surface area contributed by atoms with Gasteiger partial charge in [0.05, 0.1) is 12.5 Å². The van der Waals surface area contributed by atoms with Crippen molar-refractivity contribution >= 4 is 11.9 Å². The van der Waals surface area contributed by atoms with Gasteiger partial charge in [-0.3, -0.25) is 14.5 Å². The highest BCUT2D eigenvalue weighted by atomic mass is 16.4. The van der Waals surface area contributed by atoms with Gasteiger partial charge in [-0.05, 0) is 44.6 Å². The van der Waals surface area contributed by atoms with Gasteiger partial charge < -0.3 is 10.4 Å². The molecule has 1 aliphatic heterocycles. The largest absolute Gasteiger partial charge is 0.481 e. The van der Waals surface area contributed by atoms with Crippen LogP contribution < -0.4 is 5.32 Å². The van der Waals surface area contributed by atoms with Crippen molar-refractivity contribution in [3.8, 4) is 0 Å². The van der Waals surface area contributed by atoms with Gasteiger partial charge in [0, 0.05) is 12.6 Å². The summed E-state index contributed by atoms with van der Waals surface area (Å²) < 4.78 is 0. The Morgan fingerprint density at radius 2 is 1.89 bits per heavy atom. The molecule has 0 aromatic heterocycles. The van der Waals surface area contributed by atoms with E-state index in [1.165, 1.54) is 12.8 Å². The van der Waals surface area contributed by atoms with E-state index in [0.717, 1.165) is 18.8 Å². The maximum absolute atomic E-state index is 11.9. The summed E-state index contributed by atoms with van der Waals surface area (Å²) in [5.74, 6) is -0.221. The van der Waals surface area contributed by atoms with E-state index >= 15 is 0 Å². The van der Waals surface area contributed by atoms with Crippen molar-refractivity contribution in [2.45, 2.75) is 45.1 Å². The molecule has 1 aliphatic carbocycles. The average molecular weight is 268 g/mol. The molecule has 2 fully saturated rings. The summed E-state index contributed by atoms with van der Waals surface area (Å²) in [5.41, 5.74) is 0. The second-order valence-electron chi connectivity index (χ2n) is 6.08. The van der Waals surface area contributed by atoms with E-state index in [1.54, 1.807) is 0 Å². The Bertz CT molecular complexity index is 338. The van der Waals surface area contributed by atoms with Gasteiger partial charge >= 0.3 is 5.97 Å². The lowest BCUT2D eigenvalue weighted by atomic mass is 9.87. The van der Waals surface area contributed by atoms with Crippen LogP contribution in [0, 0.1) is 11.8 Å². The normalized spacial score (nSPS) is 32.2. The molecule has 1 amide bonds. The lowest BCUT2D eigenvalue weighted by molar-refractivity contribution is -0.141. The van der Waals surface area contributed by atoms with Crippen LogP contribution in [0.3, 0.4) is 0 Å². The molecule has 0 bridgehead atoms. The summed E-state index contributed by atoms with van der Waals surface area (Å²) in [7, 11) is 0. The van der Waals surface area contributed by atoms with Crippen LogP contribution in [0.2, 0.25) is 0 Å². The molecule has 2 N–H and O–H groups in total. The molecule has 1 heterocycles. The highest BCUT2D eigenvalue weighted by Gasteiger charge is 2.29. The van der Waals surface area contributed by atoms with Gasteiger partial charge in [0.2, 0.25) is 5.91 Å². The van der Waals surface area contributed by atoms with Crippen LogP contribution in [0.1, 0.15) is 39.0 Å². The molecule has 19 heavy (non-hydrogen) atoms. The van der Waals surface area contributed by atoms with Gasteiger partial charge in [-0.25, -0.2) is 0 Å². The van der Waals surface area contributed by atoms with Crippen LogP contribution >= 0.6 is 0 Å². The molecule has 0 radical (unpaired) electrons. The van der Waals surface area contributed by atoms with Gasteiger partial charge in [-0.1, -0.05) is 6.92 Å². The Labute approximate surface area is 114 Å².